The van der Waals surface area contributed by atoms with Gasteiger partial charge in [-0.05, 0) is 17.2 Å². The van der Waals surface area contributed by atoms with Gasteiger partial charge >= 0.3 is 6.18 Å². The minimum Gasteiger partial charge on any atom is -0.391 e. The molecular formula is C16H16F3NO. The van der Waals surface area contributed by atoms with E-state index in [4.69, 9.17) is 5.73 Å². The van der Waals surface area contributed by atoms with Crippen molar-refractivity contribution in [2.75, 3.05) is 0 Å². The van der Waals surface area contributed by atoms with Crippen LogP contribution in [0.5, 0.6) is 0 Å². The van der Waals surface area contributed by atoms with Crippen LogP contribution < -0.4 is 5.73 Å². The highest BCUT2D eigenvalue weighted by Crippen LogP contribution is 2.35. The third-order valence-electron chi connectivity index (χ3n) is 3.33. The molecule has 0 aliphatic rings. The predicted molar refractivity (Wildman–Crippen MR) is 74.5 cm³/mol. The van der Waals surface area contributed by atoms with E-state index in [1.807, 2.05) is 6.07 Å². The first-order valence-electron chi connectivity index (χ1n) is 6.53. The van der Waals surface area contributed by atoms with E-state index in [1.165, 1.54) is 18.2 Å². The largest absolute Gasteiger partial charge is 0.416 e. The fourth-order valence-corrected chi connectivity index (χ4v) is 2.24. The fourth-order valence-electron chi connectivity index (χ4n) is 2.24. The van der Waals surface area contributed by atoms with Gasteiger partial charge in [0, 0.05) is 6.42 Å². The Morgan fingerprint density at radius 3 is 2.14 bits per heavy atom. The molecule has 0 bridgehead atoms. The van der Waals surface area contributed by atoms with Crippen molar-refractivity contribution in [1.29, 1.82) is 0 Å². The van der Waals surface area contributed by atoms with Crippen LogP contribution in [0.4, 0.5) is 13.2 Å². The average molecular weight is 295 g/mol. The summed E-state index contributed by atoms with van der Waals surface area (Å²) in [7, 11) is 0. The molecule has 0 aromatic heterocycles. The molecule has 2 rings (SSSR count). The van der Waals surface area contributed by atoms with Crippen LogP contribution in [0.15, 0.2) is 54.6 Å². The molecule has 0 heterocycles. The minimum absolute atomic E-state index is 0.0894. The summed E-state index contributed by atoms with van der Waals surface area (Å²) < 4.78 is 38.9. The normalized spacial score (nSPS) is 14.7. The second-order valence-corrected chi connectivity index (χ2v) is 4.87. The van der Waals surface area contributed by atoms with Crippen molar-refractivity contribution in [2.24, 2.45) is 5.73 Å². The van der Waals surface area contributed by atoms with Gasteiger partial charge < -0.3 is 10.8 Å². The number of rotatable bonds is 4. The zero-order chi connectivity index (χ0) is 15.5. The van der Waals surface area contributed by atoms with Crippen molar-refractivity contribution in [2.45, 2.75) is 24.7 Å². The Hall–Kier alpha value is -1.85. The third kappa shape index (κ3) is 3.83. The number of hydrogen-bond donors (Lipinski definition) is 2. The Balaban J connectivity index is 2.22. The van der Waals surface area contributed by atoms with Crippen LogP contribution >= 0.6 is 0 Å². The molecule has 0 saturated carbocycles. The van der Waals surface area contributed by atoms with E-state index in [-0.39, 0.29) is 12.0 Å². The van der Waals surface area contributed by atoms with E-state index in [0.717, 1.165) is 11.6 Å². The maximum atomic E-state index is 13.0. The summed E-state index contributed by atoms with van der Waals surface area (Å²) in [5, 5.41) is 10.1. The van der Waals surface area contributed by atoms with E-state index < -0.39 is 23.9 Å². The molecule has 0 aliphatic carbocycles. The van der Waals surface area contributed by atoms with Crippen LogP contribution in [0.3, 0.4) is 0 Å². The highest BCUT2D eigenvalue weighted by Gasteiger charge is 2.35. The Kier molecular flexibility index (Phi) is 4.65. The van der Waals surface area contributed by atoms with Gasteiger partial charge in [0.1, 0.15) is 0 Å². The molecule has 0 aliphatic heterocycles. The predicted octanol–water partition coefficient (Wildman–Crippen LogP) is 3.31. The molecule has 2 atom stereocenters. The SMILES string of the molecule is N[C@@H](c1ccccc1C(F)(F)F)[C@H](O)Cc1ccccc1. The molecule has 5 heteroatoms. The molecule has 0 spiro atoms. The zero-order valence-corrected chi connectivity index (χ0v) is 11.2. The summed E-state index contributed by atoms with van der Waals surface area (Å²) in [6.45, 7) is 0. The van der Waals surface area contributed by atoms with Gasteiger partial charge in [0.2, 0.25) is 0 Å². The van der Waals surface area contributed by atoms with Gasteiger partial charge in [-0.1, -0.05) is 48.5 Å². The first-order valence-corrected chi connectivity index (χ1v) is 6.53. The van der Waals surface area contributed by atoms with Gasteiger partial charge in [-0.3, -0.25) is 0 Å². The van der Waals surface area contributed by atoms with E-state index in [0.29, 0.717) is 0 Å². The number of alkyl halides is 3. The Labute approximate surface area is 121 Å². The van der Waals surface area contributed by atoms with E-state index in [2.05, 4.69) is 0 Å². The van der Waals surface area contributed by atoms with E-state index in [1.54, 1.807) is 24.3 Å². The topological polar surface area (TPSA) is 46.2 Å². The Bertz CT molecular complexity index is 584. The van der Waals surface area contributed by atoms with Crippen molar-refractivity contribution in [3.8, 4) is 0 Å². The maximum Gasteiger partial charge on any atom is 0.416 e. The molecule has 0 fully saturated rings. The van der Waals surface area contributed by atoms with Crippen LogP contribution in [-0.2, 0) is 12.6 Å². The van der Waals surface area contributed by atoms with Gasteiger partial charge in [0.25, 0.3) is 0 Å². The van der Waals surface area contributed by atoms with Gasteiger partial charge in [-0.15, -0.1) is 0 Å². The Morgan fingerprint density at radius 1 is 0.952 bits per heavy atom. The summed E-state index contributed by atoms with van der Waals surface area (Å²) >= 11 is 0. The van der Waals surface area contributed by atoms with Crippen LogP contribution in [0.1, 0.15) is 22.7 Å². The number of halogens is 3. The van der Waals surface area contributed by atoms with E-state index in [9.17, 15) is 18.3 Å². The van der Waals surface area contributed by atoms with Crippen LogP contribution in [0.25, 0.3) is 0 Å². The van der Waals surface area contributed by atoms with Crippen molar-refractivity contribution in [3.05, 3.63) is 71.3 Å². The highest BCUT2D eigenvalue weighted by molar-refractivity contribution is 5.33. The van der Waals surface area contributed by atoms with Crippen molar-refractivity contribution < 1.29 is 18.3 Å². The van der Waals surface area contributed by atoms with Crippen molar-refractivity contribution in [3.63, 3.8) is 0 Å². The number of hydrogen-bond acceptors (Lipinski definition) is 2. The van der Waals surface area contributed by atoms with Crippen LogP contribution in [-0.4, -0.2) is 11.2 Å². The first-order chi connectivity index (χ1) is 9.89. The molecule has 2 nitrogen and oxygen atoms in total. The molecule has 0 saturated heterocycles. The minimum atomic E-state index is -4.49. The molecule has 2 aromatic rings. The Morgan fingerprint density at radius 2 is 1.52 bits per heavy atom. The number of nitrogens with two attached hydrogens (primary N) is 1. The van der Waals surface area contributed by atoms with Gasteiger partial charge in [0.15, 0.2) is 0 Å². The molecule has 21 heavy (non-hydrogen) atoms. The van der Waals surface area contributed by atoms with Gasteiger partial charge in [-0.25, -0.2) is 0 Å². The maximum absolute atomic E-state index is 13.0. The summed E-state index contributed by atoms with van der Waals surface area (Å²) in [5.41, 5.74) is 5.77. The van der Waals surface area contributed by atoms with Crippen molar-refractivity contribution in [1.82, 2.24) is 0 Å². The average Bonchev–Trinajstić information content (AvgIpc) is 2.46. The van der Waals surface area contributed by atoms with Crippen molar-refractivity contribution >= 4 is 0 Å². The number of aliphatic hydroxyl groups is 1. The standard InChI is InChI=1S/C16H16F3NO/c17-16(18,19)13-9-5-4-8-12(13)15(20)14(21)10-11-6-2-1-3-7-11/h1-9,14-15,21H,10,20H2/t14-,15+/m1/s1. The van der Waals surface area contributed by atoms with E-state index >= 15 is 0 Å². The smallest absolute Gasteiger partial charge is 0.391 e. The second kappa shape index (κ2) is 6.28. The molecule has 0 unspecified atom stereocenters. The molecule has 112 valence electrons. The molecule has 0 amide bonds. The molecule has 3 N–H and O–H groups in total. The lowest BCUT2D eigenvalue weighted by Crippen LogP contribution is -2.30. The monoisotopic (exact) mass is 295 g/mol. The zero-order valence-electron chi connectivity index (χ0n) is 11.2. The molecule has 2 aromatic carbocycles. The lowest BCUT2D eigenvalue weighted by Gasteiger charge is -2.22. The van der Waals surface area contributed by atoms with Crippen LogP contribution in [0.2, 0.25) is 0 Å². The quantitative estimate of drug-likeness (QED) is 0.909. The summed E-state index contributed by atoms with van der Waals surface area (Å²) in [6.07, 6.45) is -5.37. The number of benzene rings is 2. The van der Waals surface area contributed by atoms with Crippen LogP contribution in [0, 0.1) is 0 Å². The highest BCUT2D eigenvalue weighted by atomic mass is 19.4. The van der Waals surface area contributed by atoms with Gasteiger partial charge in [0.05, 0.1) is 17.7 Å². The lowest BCUT2D eigenvalue weighted by atomic mass is 9.93. The van der Waals surface area contributed by atoms with Gasteiger partial charge in [-0.2, -0.15) is 13.2 Å². The third-order valence-corrected chi connectivity index (χ3v) is 3.33. The summed E-state index contributed by atoms with van der Waals surface area (Å²) in [6, 6.07) is 13.0. The molecule has 0 radical (unpaired) electrons. The lowest BCUT2D eigenvalue weighted by molar-refractivity contribution is -0.138. The first kappa shape index (κ1) is 15.5. The number of aliphatic hydroxyl groups excluding tert-OH is 1. The summed E-state index contributed by atoms with van der Waals surface area (Å²) in [5.74, 6) is 0. The summed E-state index contributed by atoms with van der Waals surface area (Å²) in [4.78, 5) is 0. The fraction of sp³-hybridized carbons (Fsp3) is 0.250. The second-order valence-electron chi connectivity index (χ2n) is 4.87. The molecular weight excluding hydrogens is 279 g/mol.